The van der Waals surface area contributed by atoms with Crippen LogP contribution in [0.15, 0.2) is 0 Å². The van der Waals surface area contributed by atoms with Gasteiger partial charge in [0.1, 0.15) is 0 Å². The Balaban J connectivity index is 2.46. The third-order valence-electron chi connectivity index (χ3n) is 2.69. The van der Waals surface area contributed by atoms with Gasteiger partial charge in [-0.25, -0.2) is 0 Å². The van der Waals surface area contributed by atoms with Gasteiger partial charge >= 0.3 is 0 Å². The minimum absolute atomic E-state index is 0.0269. The number of hydrogen-bond acceptors (Lipinski definition) is 1. The number of rotatable bonds is 2. The summed E-state index contributed by atoms with van der Waals surface area (Å²) in [5.74, 6) is 0. The molecule has 0 aromatic heterocycles. The van der Waals surface area contributed by atoms with Crippen molar-refractivity contribution < 1.29 is 0 Å². The van der Waals surface area contributed by atoms with Crippen molar-refractivity contribution in [1.29, 1.82) is 0 Å². The van der Waals surface area contributed by atoms with Gasteiger partial charge in [0, 0.05) is 5.54 Å². The van der Waals surface area contributed by atoms with E-state index in [1.54, 1.807) is 0 Å². The first-order chi connectivity index (χ1) is 4.91. The average molecular weight is 155 g/mol. The lowest BCUT2D eigenvalue weighted by Crippen LogP contribution is -2.37. The van der Waals surface area contributed by atoms with Crippen molar-refractivity contribution in [1.82, 2.24) is 0 Å². The zero-order valence-electron chi connectivity index (χ0n) is 8.11. The molecule has 1 aliphatic rings. The van der Waals surface area contributed by atoms with Gasteiger partial charge in [-0.2, -0.15) is 0 Å². The van der Waals surface area contributed by atoms with E-state index in [0.717, 1.165) is 0 Å². The second-order valence-corrected chi connectivity index (χ2v) is 5.18. The monoisotopic (exact) mass is 155 g/mol. The zero-order valence-corrected chi connectivity index (χ0v) is 8.11. The van der Waals surface area contributed by atoms with Crippen LogP contribution in [0.5, 0.6) is 0 Å². The molecule has 1 nitrogen and oxygen atoms in total. The van der Waals surface area contributed by atoms with E-state index < -0.39 is 0 Å². The maximum Gasteiger partial charge on any atom is 0.0102 e. The Morgan fingerprint density at radius 1 is 1.27 bits per heavy atom. The van der Waals surface area contributed by atoms with E-state index >= 15 is 0 Å². The predicted octanol–water partition coefficient (Wildman–Crippen LogP) is 2.69. The molecule has 0 amide bonds. The van der Waals surface area contributed by atoms with E-state index in [9.17, 15) is 0 Å². The molecule has 0 aromatic rings. The van der Waals surface area contributed by atoms with E-state index in [0.29, 0.717) is 5.41 Å². The van der Waals surface area contributed by atoms with Crippen molar-refractivity contribution in [2.45, 2.75) is 58.4 Å². The molecule has 1 aliphatic carbocycles. The molecule has 66 valence electrons. The van der Waals surface area contributed by atoms with Crippen LogP contribution < -0.4 is 5.73 Å². The van der Waals surface area contributed by atoms with Crippen molar-refractivity contribution in [2.75, 3.05) is 0 Å². The van der Waals surface area contributed by atoms with Crippen LogP contribution in [0.4, 0.5) is 0 Å². The van der Waals surface area contributed by atoms with E-state index in [-0.39, 0.29) is 5.54 Å². The van der Waals surface area contributed by atoms with Crippen molar-refractivity contribution in [3.8, 4) is 0 Å². The molecule has 0 radical (unpaired) electrons. The lowest BCUT2D eigenvalue weighted by Gasteiger charge is -2.31. The average Bonchev–Trinajstić information content (AvgIpc) is 2.09. The molecular weight excluding hydrogens is 134 g/mol. The first-order valence-electron chi connectivity index (χ1n) is 4.70. The summed E-state index contributed by atoms with van der Waals surface area (Å²) in [5.41, 5.74) is 6.58. The summed E-state index contributed by atoms with van der Waals surface area (Å²) in [7, 11) is 0. The molecule has 1 heteroatoms. The van der Waals surface area contributed by atoms with Crippen LogP contribution in [-0.4, -0.2) is 5.54 Å². The SMILES string of the molecule is CC(C)(N)CC1(C)CCCC1. The van der Waals surface area contributed by atoms with Gasteiger partial charge in [-0.1, -0.05) is 19.8 Å². The van der Waals surface area contributed by atoms with Crippen molar-refractivity contribution in [2.24, 2.45) is 11.1 Å². The molecule has 0 unspecified atom stereocenters. The third-order valence-corrected chi connectivity index (χ3v) is 2.69. The minimum Gasteiger partial charge on any atom is -0.326 e. The summed E-state index contributed by atoms with van der Waals surface area (Å²) in [6.45, 7) is 6.65. The smallest absolute Gasteiger partial charge is 0.0102 e. The predicted molar refractivity (Wildman–Crippen MR) is 49.5 cm³/mol. The second-order valence-electron chi connectivity index (χ2n) is 5.18. The van der Waals surface area contributed by atoms with Gasteiger partial charge in [-0.05, 0) is 38.5 Å². The molecule has 11 heavy (non-hydrogen) atoms. The van der Waals surface area contributed by atoms with Crippen LogP contribution in [0.2, 0.25) is 0 Å². The van der Waals surface area contributed by atoms with E-state index in [4.69, 9.17) is 5.73 Å². The fourth-order valence-corrected chi connectivity index (χ4v) is 2.51. The molecule has 1 rings (SSSR count). The van der Waals surface area contributed by atoms with Gasteiger partial charge in [0.05, 0.1) is 0 Å². The summed E-state index contributed by atoms with van der Waals surface area (Å²) in [6.07, 6.45) is 6.76. The van der Waals surface area contributed by atoms with Crippen molar-refractivity contribution >= 4 is 0 Å². The molecule has 0 atom stereocenters. The Morgan fingerprint density at radius 3 is 2.09 bits per heavy atom. The highest BCUT2D eigenvalue weighted by molar-refractivity contribution is 4.88. The standard InChI is InChI=1S/C10H21N/c1-9(2,11)8-10(3)6-4-5-7-10/h4-8,11H2,1-3H3. The van der Waals surface area contributed by atoms with Crippen LogP contribution in [0, 0.1) is 5.41 Å². The molecule has 1 saturated carbocycles. The van der Waals surface area contributed by atoms with Gasteiger partial charge < -0.3 is 5.73 Å². The first-order valence-corrected chi connectivity index (χ1v) is 4.70. The van der Waals surface area contributed by atoms with Crippen LogP contribution in [0.3, 0.4) is 0 Å². The number of hydrogen-bond donors (Lipinski definition) is 1. The van der Waals surface area contributed by atoms with Gasteiger partial charge in [-0.3, -0.25) is 0 Å². The Hall–Kier alpha value is -0.0400. The van der Waals surface area contributed by atoms with E-state index in [1.165, 1.54) is 32.1 Å². The Labute approximate surface area is 70.4 Å². The zero-order chi connectivity index (χ0) is 8.54. The molecule has 1 fully saturated rings. The maximum absolute atomic E-state index is 6.00. The normalized spacial score (nSPS) is 24.0. The molecule has 0 heterocycles. The molecule has 0 aliphatic heterocycles. The van der Waals surface area contributed by atoms with Crippen LogP contribution >= 0.6 is 0 Å². The number of nitrogens with two attached hydrogens (primary N) is 1. The summed E-state index contributed by atoms with van der Waals surface area (Å²) in [4.78, 5) is 0. The first kappa shape index (κ1) is 9.05. The molecule has 0 bridgehead atoms. The highest BCUT2D eigenvalue weighted by atomic mass is 14.7. The van der Waals surface area contributed by atoms with Crippen LogP contribution in [0.25, 0.3) is 0 Å². The van der Waals surface area contributed by atoms with E-state index in [1.807, 2.05) is 0 Å². The fourth-order valence-electron chi connectivity index (χ4n) is 2.51. The van der Waals surface area contributed by atoms with Gasteiger partial charge in [-0.15, -0.1) is 0 Å². The summed E-state index contributed by atoms with van der Waals surface area (Å²) in [6, 6.07) is 0. The molecule has 2 N–H and O–H groups in total. The third kappa shape index (κ3) is 2.82. The van der Waals surface area contributed by atoms with Crippen molar-refractivity contribution in [3.63, 3.8) is 0 Å². The maximum atomic E-state index is 6.00. The van der Waals surface area contributed by atoms with Crippen molar-refractivity contribution in [3.05, 3.63) is 0 Å². The Morgan fingerprint density at radius 2 is 1.73 bits per heavy atom. The van der Waals surface area contributed by atoms with Gasteiger partial charge in [0.15, 0.2) is 0 Å². The highest BCUT2D eigenvalue weighted by Crippen LogP contribution is 2.42. The largest absolute Gasteiger partial charge is 0.326 e. The van der Waals surface area contributed by atoms with Gasteiger partial charge in [0.2, 0.25) is 0 Å². The minimum atomic E-state index is 0.0269. The lowest BCUT2D eigenvalue weighted by atomic mass is 9.78. The second kappa shape index (κ2) is 2.78. The van der Waals surface area contributed by atoms with E-state index in [2.05, 4.69) is 20.8 Å². The Bertz CT molecular complexity index is 126. The van der Waals surface area contributed by atoms with Crippen LogP contribution in [-0.2, 0) is 0 Å². The summed E-state index contributed by atoms with van der Waals surface area (Å²) >= 11 is 0. The van der Waals surface area contributed by atoms with Crippen LogP contribution in [0.1, 0.15) is 52.9 Å². The molecule has 0 spiro atoms. The summed E-state index contributed by atoms with van der Waals surface area (Å²) in [5, 5.41) is 0. The quantitative estimate of drug-likeness (QED) is 0.652. The lowest BCUT2D eigenvalue weighted by molar-refractivity contribution is 0.240. The fraction of sp³-hybridized carbons (Fsp3) is 1.00. The molecular formula is C10H21N. The van der Waals surface area contributed by atoms with Gasteiger partial charge in [0.25, 0.3) is 0 Å². The highest BCUT2D eigenvalue weighted by Gasteiger charge is 2.32. The topological polar surface area (TPSA) is 26.0 Å². The molecule has 0 saturated heterocycles. The summed E-state index contributed by atoms with van der Waals surface area (Å²) < 4.78 is 0. The Kier molecular flexibility index (Phi) is 2.29. The molecule has 0 aromatic carbocycles.